The number of hydrogen-bond acceptors (Lipinski definition) is 3. The molecule has 5 N–H and O–H groups in total. The van der Waals surface area contributed by atoms with Gasteiger partial charge in [-0.05, 0) is 12.8 Å². The molecule has 0 aromatic heterocycles. The lowest BCUT2D eigenvalue weighted by Gasteiger charge is -2.07. The molecule has 0 fully saturated rings. The van der Waals surface area contributed by atoms with Gasteiger partial charge in [0.15, 0.2) is 0 Å². The molecule has 0 aliphatic heterocycles. The molecule has 0 rings (SSSR count). The summed E-state index contributed by atoms with van der Waals surface area (Å²) in [6.07, 6.45) is 1.46. The summed E-state index contributed by atoms with van der Waals surface area (Å²) in [7, 11) is -3.53. The van der Waals surface area contributed by atoms with Crippen LogP contribution in [0.25, 0.3) is 0 Å². The van der Waals surface area contributed by atoms with Crippen molar-refractivity contribution >= 4 is 10.2 Å². The molecule has 0 heterocycles. The molecule has 68 valence electrons. The van der Waals surface area contributed by atoms with Crippen LogP contribution in [0.5, 0.6) is 0 Å². The van der Waals surface area contributed by atoms with Crippen molar-refractivity contribution < 1.29 is 8.42 Å². The normalized spacial score (nSPS) is 14.8. The minimum Gasteiger partial charge on any atom is -0.328 e. The highest BCUT2D eigenvalue weighted by molar-refractivity contribution is 7.87. The number of hydrogen-bond donors (Lipinski definition) is 3. The highest BCUT2D eigenvalue weighted by atomic mass is 32.2. The van der Waals surface area contributed by atoms with Gasteiger partial charge >= 0.3 is 0 Å². The standard InChI is InChI=1S/C5H15N3O2S/c1-2-5(6)3-4-8-11(7,9)10/h5,8H,2-4,6H2,1H3,(H2,7,9,10). The van der Waals surface area contributed by atoms with Crippen LogP contribution in [0.1, 0.15) is 19.8 Å². The van der Waals surface area contributed by atoms with Gasteiger partial charge in [-0.3, -0.25) is 0 Å². The molecule has 1 unspecified atom stereocenters. The summed E-state index contributed by atoms with van der Waals surface area (Å²) in [5, 5.41) is 4.68. The summed E-state index contributed by atoms with van der Waals surface area (Å²) >= 11 is 0. The fourth-order valence-corrected chi connectivity index (χ4v) is 0.993. The fourth-order valence-electron chi connectivity index (χ4n) is 0.591. The molecule has 0 aliphatic rings. The first-order valence-electron chi connectivity index (χ1n) is 3.48. The van der Waals surface area contributed by atoms with E-state index in [4.69, 9.17) is 5.73 Å². The van der Waals surface area contributed by atoms with E-state index in [0.717, 1.165) is 6.42 Å². The van der Waals surface area contributed by atoms with Crippen LogP contribution >= 0.6 is 0 Å². The van der Waals surface area contributed by atoms with Crippen molar-refractivity contribution in [2.24, 2.45) is 10.9 Å². The number of nitrogens with two attached hydrogens (primary N) is 2. The molecule has 0 bridgehead atoms. The Kier molecular flexibility index (Phi) is 4.58. The van der Waals surface area contributed by atoms with Crippen molar-refractivity contribution in [2.75, 3.05) is 6.54 Å². The van der Waals surface area contributed by atoms with E-state index in [1.165, 1.54) is 0 Å². The Morgan fingerprint density at radius 1 is 1.55 bits per heavy atom. The minimum absolute atomic E-state index is 0.0456. The zero-order valence-corrected chi connectivity index (χ0v) is 7.39. The minimum atomic E-state index is -3.53. The molecule has 0 aromatic carbocycles. The number of rotatable bonds is 5. The van der Waals surface area contributed by atoms with Gasteiger partial charge in [-0.15, -0.1) is 0 Å². The van der Waals surface area contributed by atoms with Crippen LogP contribution in [0.3, 0.4) is 0 Å². The van der Waals surface area contributed by atoms with E-state index in [-0.39, 0.29) is 6.04 Å². The van der Waals surface area contributed by atoms with Crippen LogP contribution in [0, 0.1) is 0 Å². The van der Waals surface area contributed by atoms with Gasteiger partial charge in [-0.1, -0.05) is 6.92 Å². The highest BCUT2D eigenvalue weighted by Crippen LogP contribution is 1.90. The second-order valence-electron chi connectivity index (χ2n) is 2.40. The van der Waals surface area contributed by atoms with Crippen LogP contribution in [0.15, 0.2) is 0 Å². The molecule has 0 aromatic rings. The smallest absolute Gasteiger partial charge is 0.274 e. The van der Waals surface area contributed by atoms with Gasteiger partial charge in [0.25, 0.3) is 10.2 Å². The summed E-state index contributed by atoms with van der Waals surface area (Å²) in [6, 6.07) is 0.0456. The van der Waals surface area contributed by atoms with E-state index in [9.17, 15) is 8.42 Å². The average Bonchev–Trinajstić information content (AvgIpc) is 1.85. The van der Waals surface area contributed by atoms with Crippen molar-refractivity contribution in [3.05, 3.63) is 0 Å². The van der Waals surface area contributed by atoms with Crippen molar-refractivity contribution in [1.82, 2.24) is 4.72 Å². The topological polar surface area (TPSA) is 98.2 Å². The zero-order chi connectivity index (χ0) is 8.91. The summed E-state index contributed by atoms with van der Waals surface area (Å²) in [5.41, 5.74) is 5.53. The van der Waals surface area contributed by atoms with Crippen molar-refractivity contribution in [3.8, 4) is 0 Å². The maximum atomic E-state index is 10.3. The molecule has 6 heteroatoms. The molecule has 0 aliphatic carbocycles. The van der Waals surface area contributed by atoms with Gasteiger partial charge in [-0.2, -0.15) is 8.42 Å². The molecule has 0 saturated carbocycles. The maximum Gasteiger partial charge on any atom is 0.274 e. The van der Waals surface area contributed by atoms with Crippen LogP contribution in [0.4, 0.5) is 0 Å². The van der Waals surface area contributed by atoms with Gasteiger partial charge < -0.3 is 5.73 Å². The predicted octanol–water partition coefficient (Wildman–Crippen LogP) is -1.09. The Morgan fingerprint density at radius 3 is 2.45 bits per heavy atom. The lowest BCUT2D eigenvalue weighted by molar-refractivity contribution is 0.559. The zero-order valence-electron chi connectivity index (χ0n) is 6.58. The SMILES string of the molecule is CCC(N)CCNS(N)(=O)=O. The maximum absolute atomic E-state index is 10.3. The molecular formula is C5H15N3O2S. The Morgan fingerprint density at radius 2 is 2.09 bits per heavy atom. The molecule has 0 radical (unpaired) electrons. The monoisotopic (exact) mass is 181 g/mol. The van der Waals surface area contributed by atoms with Gasteiger partial charge in [0.1, 0.15) is 0 Å². The second-order valence-corrected chi connectivity index (χ2v) is 3.78. The van der Waals surface area contributed by atoms with Crippen LogP contribution < -0.4 is 15.6 Å². The lowest BCUT2D eigenvalue weighted by atomic mass is 10.2. The first-order valence-corrected chi connectivity index (χ1v) is 5.03. The molecule has 0 amide bonds. The van der Waals surface area contributed by atoms with Crippen molar-refractivity contribution in [3.63, 3.8) is 0 Å². The van der Waals surface area contributed by atoms with Crippen molar-refractivity contribution in [2.45, 2.75) is 25.8 Å². The first kappa shape index (κ1) is 10.8. The summed E-state index contributed by atoms with van der Waals surface area (Å²) < 4.78 is 22.8. The Balaban J connectivity index is 3.43. The van der Waals surface area contributed by atoms with Crippen LogP contribution in [-0.4, -0.2) is 21.0 Å². The third-order valence-electron chi connectivity index (χ3n) is 1.34. The summed E-state index contributed by atoms with van der Waals surface area (Å²) in [6.45, 7) is 2.26. The van der Waals surface area contributed by atoms with Crippen molar-refractivity contribution in [1.29, 1.82) is 0 Å². The van der Waals surface area contributed by atoms with Crippen LogP contribution in [0.2, 0.25) is 0 Å². The number of nitrogens with one attached hydrogen (secondary N) is 1. The van der Waals surface area contributed by atoms with Gasteiger partial charge in [0, 0.05) is 12.6 Å². The third-order valence-corrected chi connectivity index (χ3v) is 1.95. The quantitative estimate of drug-likeness (QED) is 0.502. The Bertz CT molecular complexity index is 190. The molecule has 0 saturated heterocycles. The fraction of sp³-hybridized carbons (Fsp3) is 1.00. The van der Waals surface area contributed by atoms with E-state index in [1.807, 2.05) is 6.92 Å². The highest BCUT2D eigenvalue weighted by Gasteiger charge is 2.02. The molecule has 1 atom stereocenters. The van der Waals surface area contributed by atoms with Gasteiger partial charge in [0.05, 0.1) is 0 Å². The van der Waals surface area contributed by atoms with E-state index in [2.05, 4.69) is 9.86 Å². The van der Waals surface area contributed by atoms with E-state index >= 15 is 0 Å². The van der Waals surface area contributed by atoms with Gasteiger partial charge in [-0.25, -0.2) is 9.86 Å². The lowest BCUT2D eigenvalue weighted by Crippen LogP contribution is -2.34. The first-order chi connectivity index (χ1) is 4.95. The summed E-state index contributed by atoms with van der Waals surface area (Å²) in [5.74, 6) is 0. The second kappa shape index (κ2) is 4.66. The van der Waals surface area contributed by atoms with Crippen LogP contribution in [-0.2, 0) is 10.2 Å². The van der Waals surface area contributed by atoms with E-state index in [1.54, 1.807) is 0 Å². The summed E-state index contributed by atoms with van der Waals surface area (Å²) in [4.78, 5) is 0. The molecular weight excluding hydrogens is 166 g/mol. The van der Waals surface area contributed by atoms with Gasteiger partial charge in [0.2, 0.25) is 0 Å². The molecule has 0 spiro atoms. The third kappa shape index (κ3) is 7.73. The van der Waals surface area contributed by atoms with E-state index in [0.29, 0.717) is 13.0 Å². The Labute approximate surface area is 67.3 Å². The Hall–Kier alpha value is -0.170. The average molecular weight is 181 g/mol. The molecule has 11 heavy (non-hydrogen) atoms. The molecule has 5 nitrogen and oxygen atoms in total. The largest absolute Gasteiger partial charge is 0.328 e. The predicted molar refractivity (Wildman–Crippen MR) is 44.0 cm³/mol. The van der Waals surface area contributed by atoms with E-state index < -0.39 is 10.2 Å².